The van der Waals surface area contributed by atoms with Crippen molar-refractivity contribution >= 4 is 17.0 Å². The van der Waals surface area contributed by atoms with Crippen LogP contribution in [0.2, 0.25) is 0 Å². The maximum absolute atomic E-state index is 13.0. The number of benzene rings is 1. The fourth-order valence-electron chi connectivity index (χ4n) is 2.82. The second kappa shape index (κ2) is 12.6. The first-order valence-electron chi connectivity index (χ1n) is 10.1. The number of esters is 1. The van der Waals surface area contributed by atoms with Crippen LogP contribution in [0.25, 0.3) is 10.4 Å². The molecule has 0 amide bonds. The van der Waals surface area contributed by atoms with Gasteiger partial charge in [0.1, 0.15) is 12.4 Å². The smallest absolute Gasteiger partial charge is 0.310 e. The first-order chi connectivity index (χ1) is 14.1. The van der Waals surface area contributed by atoms with E-state index in [0.717, 1.165) is 11.3 Å². The number of rotatable bonds is 12. The molecule has 0 heterocycles. The van der Waals surface area contributed by atoms with Gasteiger partial charge >= 0.3 is 5.97 Å². The van der Waals surface area contributed by atoms with E-state index in [1.807, 2.05) is 46.8 Å². The van der Waals surface area contributed by atoms with Gasteiger partial charge in [0, 0.05) is 17.5 Å². The van der Waals surface area contributed by atoms with Crippen LogP contribution in [0.4, 0.5) is 0 Å². The van der Waals surface area contributed by atoms with Crippen molar-refractivity contribution in [3.63, 3.8) is 0 Å². The van der Waals surface area contributed by atoms with Crippen LogP contribution >= 0.6 is 0 Å². The predicted octanol–water partition coefficient (Wildman–Crippen LogP) is 4.52. The molecule has 0 radical (unpaired) electrons. The highest BCUT2D eigenvalue weighted by Crippen LogP contribution is 2.22. The minimum atomic E-state index is -1.35. The zero-order valence-corrected chi connectivity index (χ0v) is 19.6. The van der Waals surface area contributed by atoms with Crippen molar-refractivity contribution in [3.8, 4) is 5.75 Å². The summed E-state index contributed by atoms with van der Waals surface area (Å²) in [5.41, 5.74) is 9.45. The van der Waals surface area contributed by atoms with E-state index in [0.29, 0.717) is 12.8 Å². The second-order valence-corrected chi connectivity index (χ2v) is 10.5. The number of carbonyl (C=O) groups is 1. The van der Waals surface area contributed by atoms with Gasteiger partial charge in [-0.05, 0) is 62.8 Å². The quantitative estimate of drug-likeness (QED) is 0.224. The molecule has 0 saturated heterocycles. The lowest BCUT2D eigenvalue weighted by Gasteiger charge is -2.30. The summed E-state index contributed by atoms with van der Waals surface area (Å²) in [6, 6.07) is 6.91. The minimum Gasteiger partial charge on any atom is -0.497 e. The van der Waals surface area contributed by atoms with E-state index >= 15 is 0 Å². The number of nitrogens with zero attached hydrogens (tertiary/aromatic N) is 3. The second-order valence-electron chi connectivity index (χ2n) is 8.54. The van der Waals surface area contributed by atoms with Crippen molar-refractivity contribution in [3.05, 3.63) is 40.3 Å². The van der Waals surface area contributed by atoms with Gasteiger partial charge in [0.15, 0.2) is 0 Å². The maximum atomic E-state index is 13.0. The van der Waals surface area contributed by atoms with Crippen molar-refractivity contribution < 1.29 is 18.5 Å². The monoisotopic (exact) mass is 438 g/mol. The Labute approximate surface area is 181 Å². The van der Waals surface area contributed by atoms with Crippen molar-refractivity contribution in [2.75, 3.05) is 13.7 Å². The van der Waals surface area contributed by atoms with Crippen LogP contribution in [0.3, 0.4) is 0 Å². The van der Waals surface area contributed by atoms with E-state index in [9.17, 15) is 9.00 Å². The van der Waals surface area contributed by atoms with Crippen LogP contribution in [0.5, 0.6) is 5.75 Å². The molecule has 3 atom stereocenters. The Morgan fingerprint density at radius 3 is 2.40 bits per heavy atom. The van der Waals surface area contributed by atoms with E-state index in [1.165, 1.54) is 0 Å². The summed E-state index contributed by atoms with van der Waals surface area (Å²) >= 11 is 0. The van der Waals surface area contributed by atoms with Gasteiger partial charge in [0.25, 0.3) is 0 Å². The third-order valence-electron chi connectivity index (χ3n) is 4.47. The Morgan fingerprint density at radius 2 is 1.90 bits per heavy atom. The molecule has 1 aromatic rings. The maximum Gasteiger partial charge on any atom is 0.310 e. The van der Waals surface area contributed by atoms with Crippen LogP contribution in [0, 0.1) is 11.8 Å². The van der Waals surface area contributed by atoms with Crippen molar-refractivity contribution in [2.45, 2.75) is 64.9 Å². The number of hydrogen-bond acceptors (Lipinski definition) is 5. The van der Waals surface area contributed by atoms with Crippen LogP contribution in [0.1, 0.15) is 53.0 Å². The molecule has 1 aromatic carbocycles. The van der Waals surface area contributed by atoms with Gasteiger partial charge in [0.2, 0.25) is 0 Å². The number of nitrogens with one attached hydrogen (secondary N) is 1. The van der Waals surface area contributed by atoms with Crippen LogP contribution in [-0.2, 0) is 27.1 Å². The molecule has 1 N–H and O–H groups in total. The van der Waals surface area contributed by atoms with Gasteiger partial charge in [-0.15, -0.1) is 0 Å². The van der Waals surface area contributed by atoms with Crippen molar-refractivity contribution in [2.24, 2.45) is 17.0 Å². The largest absolute Gasteiger partial charge is 0.497 e. The molecule has 0 saturated carbocycles. The molecule has 0 fully saturated rings. The first-order valence-corrected chi connectivity index (χ1v) is 11.2. The molecule has 168 valence electrons. The molecule has 0 bridgehead atoms. The minimum absolute atomic E-state index is 0.123. The Balaban J connectivity index is 2.98. The molecule has 0 aromatic heterocycles. The Hall–Kier alpha value is -2.09. The van der Waals surface area contributed by atoms with Crippen molar-refractivity contribution in [1.29, 1.82) is 0 Å². The van der Waals surface area contributed by atoms with E-state index in [-0.39, 0.29) is 25.1 Å². The fraction of sp³-hybridized carbons (Fsp3) is 0.667. The average molecular weight is 439 g/mol. The Bertz CT molecular complexity index is 740. The topological polar surface area (TPSA) is 113 Å². The van der Waals surface area contributed by atoms with E-state index in [2.05, 4.69) is 14.7 Å². The molecule has 1 unspecified atom stereocenters. The summed E-state index contributed by atoms with van der Waals surface area (Å²) in [7, 11) is 0.243. The zero-order chi connectivity index (χ0) is 22.7. The highest BCUT2D eigenvalue weighted by atomic mass is 32.2. The van der Waals surface area contributed by atoms with Gasteiger partial charge in [-0.25, -0.2) is 8.93 Å². The molecular weight excluding hydrogens is 404 g/mol. The molecular formula is C21H34N4O4S. The molecule has 0 aliphatic heterocycles. The summed E-state index contributed by atoms with van der Waals surface area (Å²) < 4.78 is 26.1. The van der Waals surface area contributed by atoms with Gasteiger partial charge < -0.3 is 9.47 Å². The Morgan fingerprint density at radius 1 is 1.27 bits per heavy atom. The number of carbonyl (C=O) groups excluding carboxylic acids is 1. The highest BCUT2D eigenvalue weighted by molar-refractivity contribution is 7.84. The molecule has 0 aliphatic carbocycles. The fourth-order valence-corrected chi connectivity index (χ4v) is 3.71. The van der Waals surface area contributed by atoms with E-state index < -0.39 is 27.6 Å². The first kappa shape index (κ1) is 25.9. The SMILES string of the molecule is COc1ccc(COC(=O)[C@@H](CCN=[N+]=[N-])[C@@H](CC(C)C)NS(=O)C(C)(C)C)cc1. The molecule has 30 heavy (non-hydrogen) atoms. The van der Waals surface area contributed by atoms with E-state index in [1.54, 1.807) is 19.2 Å². The van der Waals surface area contributed by atoms with Crippen LogP contribution in [0.15, 0.2) is 29.4 Å². The summed E-state index contributed by atoms with van der Waals surface area (Å²) in [6.45, 7) is 10.00. The standard InChI is InChI=1S/C21H34N4O4S/c1-15(2)13-19(24-30(27)21(3,4)5)18(11-12-23-25-22)20(26)29-14-16-7-9-17(28-6)10-8-16/h7-10,15,18-19,24H,11-14H2,1-6H3/t18-,19+,30?/m0/s1. The lowest BCUT2D eigenvalue weighted by Crippen LogP contribution is -2.47. The molecule has 0 spiro atoms. The lowest BCUT2D eigenvalue weighted by atomic mass is 9.90. The van der Waals surface area contributed by atoms with Crippen LogP contribution in [-0.4, -0.2) is 34.6 Å². The normalized spacial score (nSPS) is 14.5. The number of azide groups is 1. The third-order valence-corrected chi connectivity index (χ3v) is 6.10. The summed E-state index contributed by atoms with van der Waals surface area (Å²) in [5, 5.41) is 3.58. The summed E-state index contributed by atoms with van der Waals surface area (Å²) in [6.07, 6.45) is 0.956. The van der Waals surface area contributed by atoms with Gasteiger partial charge in [-0.2, -0.15) is 0 Å². The van der Waals surface area contributed by atoms with Gasteiger partial charge in [0.05, 0.1) is 28.8 Å². The Kier molecular flexibility index (Phi) is 10.9. The molecule has 1 rings (SSSR count). The summed E-state index contributed by atoms with van der Waals surface area (Å²) in [4.78, 5) is 15.7. The van der Waals surface area contributed by atoms with Crippen LogP contribution < -0.4 is 9.46 Å². The average Bonchev–Trinajstić information content (AvgIpc) is 2.68. The van der Waals surface area contributed by atoms with Crippen molar-refractivity contribution in [1.82, 2.24) is 4.72 Å². The van der Waals surface area contributed by atoms with Gasteiger partial charge in [-0.1, -0.05) is 31.1 Å². The number of methoxy groups -OCH3 is 1. The predicted molar refractivity (Wildman–Crippen MR) is 119 cm³/mol. The highest BCUT2D eigenvalue weighted by Gasteiger charge is 2.33. The summed E-state index contributed by atoms with van der Waals surface area (Å²) in [5.74, 6) is 0.0180. The lowest BCUT2D eigenvalue weighted by molar-refractivity contribution is -0.151. The zero-order valence-electron chi connectivity index (χ0n) is 18.8. The number of hydrogen-bond donors (Lipinski definition) is 1. The van der Waals surface area contributed by atoms with E-state index in [4.69, 9.17) is 15.0 Å². The molecule has 0 aliphatic rings. The number of ether oxygens (including phenoxy) is 2. The third kappa shape index (κ3) is 9.15. The molecule has 9 heteroatoms. The van der Waals surface area contributed by atoms with Gasteiger partial charge in [-0.3, -0.25) is 4.79 Å². The molecule has 8 nitrogen and oxygen atoms in total.